The number of benzene rings is 1. The van der Waals surface area contributed by atoms with Gasteiger partial charge in [-0.2, -0.15) is 4.39 Å². The highest BCUT2D eigenvalue weighted by atomic mass is 79.9. The lowest BCUT2D eigenvalue weighted by Gasteiger charge is -2.02. The molecule has 0 unspecified atom stereocenters. The van der Waals surface area contributed by atoms with Crippen LogP contribution in [0.5, 0.6) is 0 Å². The van der Waals surface area contributed by atoms with Crippen LogP contribution in [0.25, 0.3) is 0 Å². The summed E-state index contributed by atoms with van der Waals surface area (Å²) in [6.45, 7) is 0. The molecule has 0 amide bonds. The van der Waals surface area contributed by atoms with E-state index in [1.807, 2.05) is 0 Å². The first-order valence-corrected chi connectivity index (χ1v) is 5.62. The number of nitro groups is 1. The van der Waals surface area contributed by atoms with Gasteiger partial charge in [-0.25, -0.2) is 0 Å². The molecule has 80 valence electrons. The Morgan fingerprint density at radius 2 is 2.13 bits per heavy atom. The zero-order valence-electron chi connectivity index (χ0n) is 7.17. The van der Waals surface area contributed by atoms with Crippen molar-refractivity contribution in [1.29, 1.82) is 0 Å². The van der Waals surface area contributed by atoms with Crippen molar-refractivity contribution < 1.29 is 14.1 Å². The molecule has 0 N–H and O–H groups in total. The van der Waals surface area contributed by atoms with Crippen LogP contribution < -0.4 is 0 Å². The minimum atomic E-state index is -1.11. The van der Waals surface area contributed by atoms with E-state index in [2.05, 4.69) is 31.9 Å². The first-order chi connectivity index (χ1) is 6.99. The summed E-state index contributed by atoms with van der Waals surface area (Å²) in [5.41, 5.74) is -1.01. The summed E-state index contributed by atoms with van der Waals surface area (Å²) in [5, 5.41) is 10.4. The Bertz CT molecular complexity index is 436. The highest BCUT2D eigenvalue weighted by molar-refractivity contribution is 9.10. The van der Waals surface area contributed by atoms with E-state index in [-0.39, 0.29) is 15.4 Å². The van der Waals surface area contributed by atoms with Gasteiger partial charge in [-0.3, -0.25) is 14.9 Å². The number of hydrogen-bond acceptors (Lipinski definition) is 3. The molecule has 4 nitrogen and oxygen atoms in total. The lowest BCUT2D eigenvalue weighted by molar-refractivity contribution is -0.388. The second-order valence-corrected chi connectivity index (χ2v) is 3.99. The predicted octanol–water partition coefficient (Wildman–Crippen LogP) is 3.07. The first-order valence-electron chi connectivity index (χ1n) is 3.70. The largest absolute Gasteiger partial charge is 0.319 e. The molecule has 0 bridgehead atoms. The molecule has 0 aliphatic heterocycles. The summed E-state index contributed by atoms with van der Waals surface area (Å²) in [5.74, 6) is -1.65. The molecule has 0 aliphatic rings. The lowest BCUT2D eigenvalue weighted by atomic mass is 10.1. The maximum atomic E-state index is 13.5. The Labute approximate surface area is 101 Å². The van der Waals surface area contributed by atoms with Crippen LogP contribution in [0.15, 0.2) is 16.6 Å². The summed E-state index contributed by atoms with van der Waals surface area (Å²) in [6, 6.07) is 2.48. The van der Waals surface area contributed by atoms with E-state index in [4.69, 9.17) is 0 Å². The molecule has 1 rings (SSSR count). The quantitative estimate of drug-likeness (QED) is 0.367. The minimum absolute atomic E-state index is 0.0103. The topological polar surface area (TPSA) is 60.2 Å². The third kappa shape index (κ3) is 2.40. The summed E-state index contributed by atoms with van der Waals surface area (Å²) in [7, 11) is 0. The van der Waals surface area contributed by atoms with Crippen LogP contribution in [0.4, 0.5) is 10.1 Å². The van der Waals surface area contributed by atoms with Crippen LogP contribution in [0.3, 0.4) is 0 Å². The Hall–Kier alpha value is -0.820. The lowest BCUT2D eigenvalue weighted by Crippen LogP contribution is -2.06. The van der Waals surface area contributed by atoms with Crippen LogP contribution in [-0.2, 0) is 0 Å². The molecule has 0 spiro atoms. The molecule has 0 radical (unpaired) electrons. The third-order valence-corrected chi connectivity index (χ3v) is 2.82. The van der Waals surface area contributed by atoms with Gasteiger partial charge in [0, 0.05) is 0 Å². The van der Waals surface area contributed by atoms with Gasteiger partial charge in [-0.15, -0.1) is 0 Å². The van der Waals surface area contributed by atoms with Gasteiger partial charge in [-0.1, -0.05) is 15.9 Å². The maximum Gasteiger partial charge on any atom is 0.319 e. The van der Waals surface area contributed by atoms with Crippen molar-refractivity contribution in [3.05, 3.63) is 38.1 Å². The van der Waals surface area contributed by atoms with Crippen molar-refractivity contribution in [3.63, 3.8) is 0 Å². The summed E-state index contributed by atoms with van der Waals surface area (Å²) >= 11 is 5.72. The predicted molar refractivity (Wildman–Crippen MR) is 58.9 cm³/mol. The van der Waals surface area contributed by atoms with Gasteiger partial charge in [0.05, 0.1) is 20.3 Å². The summed E-state index contributed by atoms with van der Waals surface area (Å²) in [6.07, 6.45) is 0. The number of nitro benzene ring substituents is 1. The van der Waals surface area contributed by atoms with E-state index < -0.39 is 22.2 Å². The Morgan fingerprint density at radius 3 is 2.60 bits per heavy atom. The average Bonchev–Trinajstić information content (AvgIpc) is 2.16. The zero-order chi connectivity index (χ0) is 11.6. The normalized spacial score (nSPS) is 10.1. The molecule has 0 fully saturated rings. The van der Waals surface area contributed by atoms with Crippen LogP contribution in [0, 0.1) is 15.9 Å². The van der Waals surface area contributed by atoms with E-state index >= 15 is 0 Å². The number of ketones is 1. The highest BCUT2D eigenvalue weighted by Crippen LogP contribution is 2.30. The number of Topliss-reactive ketones (excluding diaryl/α,β-unsaturated/α-hetero) is 1. The summed E-state index contributed by atoms with van der Waals surface area (Å²) in [4.78, 5) is 20.8. The van der Waals surface area contributed by atoms with Gasteiger partial charge in [-0.05, 0) is 28.1 Å². The van der Waals surface area contributed by atoms with E-state index in [0.29, 0.717) is 0 Å². The molecule has 0 aliphatic carbocycles. The third-order valence-electron chi connectivity index (χ3n) is 1.67. The van der Waals surface area contributed by atoms with E-state index in [1.54, 1.807) is 0 Å². The zero-order valence-corrected chi connectivity index (χ0v) is 10.3. The smallest absolute Gasteiger partial charge is 0.293 e. The Balaban J connectivity index is 3.41. The van der Waals surface area contributed by atoms with Crippen molar-refractivity contribution in [3.8, 4) is 0 Å². The molecule has 7 heteroatoms. The first kappa shape index (κ1) is 12.3. The van der Waals surface area contributed by atoms with Crippen LogP contribution in [0.1, 0.15) is 10.4 Å². The van der Waals surface area contributed by atoms with Gasteiger partial charge in [0.15, 0.2) is 5.78 Å². The number of nitrogens with zero attached hydrogens (tertiary/aromatic N) is 1. The number of hydrogen-bond donors (Lipinski definition) is 0. The van der Waals surface area contributed by atoms with Gasteiger partial charge >= 0.3 is 5.69 Å². The number of alkyl halides is 1. The Morgan fingerprint density at radius 1 is 1.53 bits per heavy atom. The van der Waals surface area contributed by atoms with Gasteiger partial charge in [0.2, 0.25) is 5.82 Å². The summed E-state index contributed by atoms with van der Waals surface area (Å²) < 4.78 is 13.5. The number of carbonyl (C=O) groups is 1. The Kier molecular flexibility index (Phi) is 3.92. The maximum absolute atomic E-state index is 13.5. The molecule has 0 heterocycles. The fourth-order valence-corrected chi connectivity index (χ4v) is 1.75. The van der Waals surface area contributed by atoms with Gasteiger partial charge in [0.25, 0.3) is 0 Å². The molecule has 15 heavy (non-hydrogen) atoms. The molecule has 1 aromatic carbocycles. The number of halogens is 3. The fourth-order valence-electron chi connectivity index (χ4n) is 0.996. The standard InChI is InChI=1S/C8H4Br2FNO3/c9-3-6(13)4-1-2-5(10)8(7(4)11)12(14)15/h1-2H,3H2. The van der Waals surface area contributed by atoms with E-state index in [9.17, 15) is 19.3 Å². The molecule has 0 saturated carbocycles. The second-order valence-electron chi connectivity index (χ2n) is 2.57. The fraction of sp³-hybridized carbons (Fsp3) is 0.125. The van der Waals surface area contributed by atoms with E-state index in [0.717, 1.165) is 0 Å². The van der Waals surface area contributed by atoms with Crippen molar-refractivity contribution in [2.75, 3.05) is 5.33 Å². The van der Waals surface area contributed by atoms with Crippen molar-refractivity contribution in [2.24, 2.45) is 0 Å². The van der Waals surface area contributed by atoms with Gasteiger partial charge in [0.1, 0.15) is 0 Å². The van der Waals surface area contributed by atoms with Crippen molar-refractivity contribution >= 4 is 43.3 Å². The molecule has 1 aromatic rings. The minimum Gasteiger partial charge on any atom is -0.293 e. The SMILES string of the molecule is O=C(CBr)c1ccc(Br)c([N+](=O)[O-])c1F. The molecule has 0 saturated heterocycles. The number of rotatable bonds is 3. The van der Waals surface area contributed by atoms with Gasteiger partial charge < -0.3 is 0 Å². The van der Waals surface area contributed by atoms with Crippen LogP contribution in [0.2, 0.25) is 0 Å². The number of carbonyl (C=O) groups excluding carboxylic acids is 1. The molecule has 0 aromatic heterocycles. The van der Waals surface area contributed by atoms with E-state index in [1.165, 1.54) is 12.1 Å². The highest BCUT2D eigenvalue weighted by Gasteiger charge is 2.24. The van der Waals surface area contributed by atoms with Crippen molar-refractivity contribution in [2.45, 2.75) is 0 Å². The van der Waals surface area contributed by atoms with Crippen molar-refractivity contribution in [1.82, 2.24) is 0 Å². The molecule has 0 atom stereocenters. The molecular weight excluding hydrogens is 337 g/mol. The monoisotopic (exact) mass is 339 g/mol. The van der Waals surface area contributed by atoms with Crippen LogP contribution in [-0.4, -0.2) is 16.0 Å². The second kappa shape index (κ2) is 4.80. The van der Waals surface area contributed by atoms with Crippen LogP contribution >= 0.6 is 31.9 Å². The average molecular weight is 341 g/mol. The molecular formula is C8H4Br2FNO3.